The number of rotatable bonds is 7. The SMILES string of the molecule is CC(=O)O[C@H]1C[N+]2(CC(=O)c3ccccc3)CCC1CC2.O=C(Nc1ccccc1)OCc1ccccc1.[Br-]. The Bertz CT molecular complexity index is 1200. The van der Waals surface area contributed by atoms with Crippen molar-refractivity contribution in [3.05, 3.63) is 102 Å². The first-order valence-corrected chi connectivity index (χ1v) is 13.1. The molecule has 1 N–H and O–H groups in total. The first-order chi connectivity index (χ1) is 18.4. The van der Waals surface area contributed by atoms with Crippen molar-refractivity contribution in [2.45, 2.75) is 32.5 Å². The Kier molecular flexibility index (Phi) is 11.3. The van der Waals surface area contributed by atoms with E-state index in [9.17, 15) is 14.4 Å². The number of hydrogen-bond donors (Lipinski definition) is 1. The smallest absolute Gasteiger partial charge is 0.411 e. The van der Waals surface area contributed by atoms with Crippen LogP contribution in [0, 0.1) is 5.92 Å². The molecule has 3 aromatic carbocycles. The molecule has 3 saturated heterocycles. The molecule has 39 heavy (non-hydrogen) atoms. The number of carbonyl (C=O) groups is 3. The summed E-state index contributed by atoms with van der Waals surface area (Å²) in [4.78, 5) is 35.2. The Morgan fingerprint density at radius 3 is 2.00 bits per heavy atom. The number of piperidine rings is 3. The minimum absolute atomic E-state index is 0. The average Bonchev–Trinajstić information content (AvgIpc) is 2.94. The van der Waals surface area contributed by atoms with E-state index >= 15 is 0 Å². The molecule has 3 aliphatic heterocycles. The first kappa shape index (κ1) is 30.1. The van der Waals surface area contributed by atoms with Gasteiger partial charge in [0, 0.05) is 36.9 Å². The molecular weight excluding hydrogens is 560 g/mol. The maximum atomic E-state index is 12.5. The van der Waals surface area contributed by atoms with Gasteiger partial charge in [-0.05, 0) is 17.7 Å². The van der Waals surface area contributed by atoms with Gasteiger partial charge in [-0.2, -0.15) is 0 Å². The van der Waals surface area contributed by atoms with Crippen molar-refractivity contribution in [2.75, 3.05) is 31.5 Å². The fraction of sp³-hybridized carbons (Fsp3) is 0.323. The Morgan fingerprint density at radius 1 is 0.846 bits per heavy atom. The summed E-state index contributed by atoms with van der Waals surface area (Å²) in [7, 11) is 0. The van der Waals surface area contributed by atoms with Crippen LogP contribution in [0.1, 0.15) is 35.7 Å². The number of carbonyl (C=O) groups excluding carboxylic acids is 3. The zero-order valence-corrected chi connectivity index (χ0v) is 23.7. The Morgan fingerprint density at radius 2 is 1.41 bits per heavy atom. The number of amides is 1. The molecule has 8 heteroatoms. The topological polar surface area (TPSA) is 81.7 Å². The molecule has 3 heterocycles. The molecule has 1 amide bonds. The van der Waals surface area contributed by atoms with Crippen LogP contribution in [0.25, 0.3) is 0 Å². The van der Waals surface area contributed by atoms with Gasteiger partial charge in [0.25, 0.3) is 0 Å². The van der Waals surface area contributed by atoms with Crippen LogP contribution >= 0.6 is 0 Å². The molecule has 0 aliphatic carbocycles. The molecule has 3 fully saturated rings. The minimum Gasteiger partial charge on any atom is -1.00 e. The number of benzene rings is 3. The van der Waals surface area contributed by atoms with Crippen molar-refractivity contribution in [1.29, 1.82) is 0 Å². The number of hydrogen-bond acceptors (Lipinski definition) is 5. The highest BCUT2D eigenvalue weighted by molar-refractivity contribution is 5.97. The monoisotopic (exact) mass is 594 g/mol. The van der Waals surface area contributed by atoms with E-state index in [4.69, 9.17) is 9.47 Å². The summed E-state index contributed by atoms with van der Waals surface area (Å²) in [6, 6.07) is 28.3. The van der Waals surface area contributed by atoms with Crippen molar-refractivity contribution in [2.24, 2.45) is 5.92 Å². The van der Waals surface area contributed by atoms with E-state index in [2.05, 4.69) is 5.32 Å². The number of anilines is 1. The van der Waals surface area contributed by atoms with Crippen LogP contribution < -0.4 is 22.3 Å². The predicted octanol–water partition coefficient (Wildman–Crippen LogP) is 2.48. The lowest BCUT2D eigenvalue weighted by Crippen LogP contribution is -3.00. The fourth-order valence-electron chi connectivity index (χ4n) is 5.21. The Hall–Kier alpha value is -3.49. The molecule has 0 unspecified atom stereocenters. The number of para-hydroxylation sites is 1. The van der Waals surface area contributed by atoms with Crippen LogP contribution in [0.4, 0.5) is 10.5 Å². The minimum atomic E-state index is -0.444. The zero-order valence-electron chi connectivity index (χ0n) is 22.1. The summed E-state index contributed by atoms with van der Waals surface area (Å²) >= 11 is 0. The summed E-state index contributed by atoms with van der Waals surface area (Å²) in [6.45, 7) is 5.12. The molecule has 206 valence electrons. The van der Waals surface area contributed by atoms with E-state index in [0.29, 0.717) is 12.5 Å². The number of ketones is 1. The largest absolute Gasteiger partial charge is 1.00 e. The third kappa shape index (κ3) is 9.04. The molecule has 0 spiro atoms. The first-order valence-electron chi connectivity index (χ1n) is 13.1. The van der Waals surface area contributed by atoms with E-state index in [-0.39, 0.29) is 41.4 Å². The van der Waals surface area contributed by atoms with Crippen molar-refractivity contribution in [3.63, 3.8) is 0 Å². The molecule has 1 atom stereocenters. The molecule has 2 bridgehead atoms. The van der Waals surface area contributed by atoms with Gasteiger partial charge < -0.3 is 30.9 Å². The number of ether oxygens (including phenoxy) is 2. The van der Waals surface area contributed by atoms with Gasteiger partial charge in [-0.1, -0.05) is 78.9 Å². The highest BCUT2D eigenvalue weighted by Crippen LogP contribution is 2.35. The lowest BCUT2D eigenvalue weighted by atomic mass is 9.83. The number of halogens is 1. The molecule has 0 saturated carbocycles. The standard InChI is InChI=1S/C17H22NO3.C14H13NO2.BrH/c1-13(19)21-17-12-18(9-7-15(17)8-10-18)11-16(20)14-5-3-2-4-6-14;16-14(15-13-9-5-2-6-10-13)17-11-12-7-3-1-4-8-12;/h2-6,15,17H,7-12H2,1H3;1-10H,11H2,(H,15,16);1H/q+1;;/p-1/t15?,17-,18?;;/m0../s1. The van der Waals surface area contributed by atoms with E-state index < -0.39 is 6.09 Å². The summed E-state index contributed by atoms with van der Waals surface area (Å²) < 4.78 is 11.3. The van der Waals surface area contributed by atoms with E-state index in [0.717, 1.165) is 53.8 Å². The van der Waals surface area contributed by atoms with Crippen LogP contribution in [0.3, 0.4) is 0 Å². The van der Waals surface area contributed by atoms with Gasteiger partial charge in [0.05, 0.1) is 13.1 Å². The number of fused-ring (bicyclic) bond motifs is 3. The third-order valence-corrected chi connectivity index (χ3v) is 7.17. The van der Waals surface area contributed by atoms with Gasteiger partial charge in [0.1, 0.15) is 19.7 Å². The van der Waals surface area contributed by atoms with Gasteiger partial charge >= 0.3 is 12.1 Å². The maximum absolute atomic E-state index is 12.5. The van der Waals surface area contributed by atoms with E-state index in [1.165, 1.54) is 6.92 Å². The van der Waals surface area contributed by atoms with Crippen LogP contribution in [0.5, 0.6) is 0 Å². The molecule has 0 radical (unpaired) electrons. The summed E-state index contributed by atoms with van der Waals surface area (Å²) in [5.41, 5.74) is 2.48. The van der Waals surface area contributed by atoms with Crippen molar-refractivity contribution < 1.29 is 45.3 Å². The lowest BCUT2D eigenvalue weighted by molar-refractivity contribution is -0.938. The number of quaternary nitrogens is 1. The zero-order chi connectivity index (χ0) is 26.8. The Balaban J connectivity index is 0.000000215. The van der Waals surface area contributed by atoms with Gasteiger partial charge in [-0.15, -0.1) is 0 Å². The molecule has 0 aromatic heterocycles. The predicted molar refractivity (Wildman–Crippen MR) is 145 cm³/mol. The van der Waals surface area contributed by atoms with Gasteiger partial charge in [0.2, 0.25) is 5.78 Å². The second-order valence-corrected chi connectivity index (χ2v) is 9.96. The highest BCUT2D eigenvalue weighted by atomic mass is 79.9. The van der Waals surface area contributed by atoms with E-state index in [1.54, 1.807) is 0 Å². The third-order valence-electron chi connectivity index (χ3n) is 7.17. The summed E-state index contributed by atoms with van der Waals surface area (Å²) in [5, 5.41) is 2.65. The van der Waals surface area contributed by atoms with Crippen LogP contribution in [-0.2, 0) is 20.9 Å². The molecule has 3 aliphatic rings. The second kappa shape index (κ2) is 14.6. The van der Waals surface area contributed by atoms with Crippen molar-refractivity contribution in [1.82, 2.24) is 0 Å². The maximum Gasteiger partial charge on any atom is 0.411 e. The van der Waals surface area contributed by atoms with Gasteiger partial charge in [-0.25, -0.2) is 4.79 Å². The van der Waals surface area contributed by atoms with E-state index in [1.807, 2.05) is 91.0 Å². The second-order valence-electron chi connectivity index (χ2n) is 9.96. The number of esters is 1. The van der Waals surface area contributed by atoms with Crippen molar-refractivity contribution in [3.8, 4) is 0 Å². The number of nitrogens with one attached hydrogen (secondary N) is 1. The molecule has 6 rings (SSSR count). The summed E-state index contributed by atoms with van der Waals surface area (Å²) in [6.07, 6.45) is 1.66. The molecular formula is C31H35BrN2O5. The normalized spacial score (nSPS) is 20.8. The summed E-state index contributed by atoms with van der Waals surface area (Å²) in [5.74, 6) is 0.472. The van der Waals surface area contributed by atoms with Gasteiger partial charge in [0.15, 0.2) is 6.10 Å². The highest BCUT2D eigenvalue weighted by Gasteiger charge is 2.48. The van der Waals surface area contributed by atoms with Crippen molar-refractivity contribution >= 4 is 23.5 Å². The average molecular weight is 596 g/mol. The van der Waals surface area contributed by atoms with Crippen LogP contribution in [0.2, 0.25) is 0 Å². The molecule has 3 aromatic rings. The number of Topliss-reactive ketones (excluding diaryl/α,β-unsaturated/α-hetero) is 1. The fourth-order valence-corrected chi connectivity index (χ4v) is 5.21. The Labute approximate surface area is 240 Å². The van der Waals surface area contributed by atoms with Crippen LogP contribution in [0.15, 0.2) is 91.0 Å². The van der Waals surface area contributed by atoms with Gasteiger partial charge in [-0.3, -0.25) is 14.9 Å². The quantitative estimate of drug-likeness (QED) is 0.258. The lowest BCUT2D eigenvalue weighted by Gasteiger charge is -2.51. The molecule has 7 nitrogen and oxygen atoms in total. The number of nitrogens with zero attached hydrogens (tertiary/aromatic N) is 1. The van der Waals surface area contributed by atoms with Crippen LogP contribution in [-0.4, -0.2) is 54.6 Å².